The lowest BCUT2D eigenvalue weighted by molar-refractivity contribution is 0.204. The van der Waals surface area contributed by atoms with Crippen molar-refractivity contribution in [2.45, 2.75) is 61.7 Å². The molecule has 1 aliphatic heterocycles. The average Bonchev–Trinajstić information content (AvgIpc) is 3.43. The number of thiophene rings is 1. The van der Waals surface area contributed by atoms with Gasteiger partial charge in [0.2, 0.25) is 10.0 Å². The number of benzene rings is 1. The first-order valence-corrected chi connectivity index (χ1v) is 14.3. The smallest absolute Gasteiger partial charge is 0.250 e. The Morgan fingerprint density at radius 3 is 2.59 bits per heavy atom. The number of fused-ring (bicyclic) bond motifs is 3. The Kier molecular flexibility index (Phi) is 6.56. The molecule has 1 N–H and O–H groups in total. The fourth-order valence-corrected chi connectivity index (χ4v) is 8.63. The molecule has 5 rings (SSSR count). The number of nitrogens with zero attached hydrogens (tertiary/aromatic N) is 1. The highest BCUT2D eigenvalue weighted by Crippen LogP contribution is 2.41. The van der Waals surface area contributed by atoms with Gasteiger partial charge in [0.15, 0.2) is 0 Å². The molecule has 2 heterocycles. The van der Waals surface area contributed by atoms with Crippen molar-refractivity contribution in [3.8, 4) is 5.75 Å². The SMILES string of the molecule is CC1CCCN1CCOc1ccc2c(c1)CC1CCC(C2)C1NS(=O)(=O)c1ccc(Cl)s1. The van der Waals surface area contributed by atoms with Gasteiger partial charge in [0, 0.05) is 18.6 Å². The van der Waals surface area contributed by atoms with Crippen molar-refractivity contribution >= 4 is 33.0 Å². The quantitative estimate of drug-likeness (QED) is 0.604. The Balaban J connectivity index is 1.26. The Bertz CT molecular complexity index is 1070. The minimum absolute atomic E-state index is 0.0331. The Labute approximate surface area is 200 Å². The fraction of sp³-hybridized carbons (Fsp3) is 0.583. The number of hydrogen-bond donors (Lipinski definition) is 1. The number of sulfonamides is 1. The lowest BCUT2D eigenvalue weighted by Gasteiger charge is -2.23. The Morgan fingerprint density at radius 2 is 1.91 bits per heavy atom. The van der Waals surface area contributed by atoms with Crippen LogP contribution in [0.25, 0.3) is 0 Å². The predicted molar refractivity (Wildman–Crippen MR) is 129 cm³/mol. The maximum Gasteiger partial charge on any atom is 0.250 e. The molecule has 2 aromatic rings. The zero-order chi connectivity index (χ0) is 22.3. The van der Waals surface area contributed by atoms with Crippen LogP contribution in [0, 0.1) is 11.8 Å². The number of rotatable bonds is 7. The van der Waals surface area contributed by atoms with Crippen molar-refractivity contribution in [1.29, 1.82) is 0 Å². The molecule has 3 aliphatic rings. The van der Waals surface area contributed by atoms with Gasteiger partial charge in [-0.3, -0.25) is 4.90 Å². The van der Waals surface area contributed by atoms with Crippen LogP contribution in [0.2, 0.25) is 4.34 Å². The highest BCUT2D eigenvalue weighted by Gasteiger charge is 2.41. The van der Waals surface area contributed by atoms with Crippen molar-refractivity contribution in [3.05, 3.63) is 45.8 Å². The minimum atomic E-state index is -3.55. The van der Waals surface area contributed by atoms with E-state index in [9.17, 15) is 8.42 Å². The van der Waals surface area contributed by atoms with Crippen LogP contribution in [-0.2, 0) is 22.9 Å². The first-order chi connectivity index (χ1) is 15.4. The van der Waals surface area contributed by atoms with Crippen LogP contribution in [0.15, 0.2) is 34.5 Å². The fourth-order valence-electron chi connectivity index (χ4n) is 5.75. The van der Waals surface area contributed by atoms with Gasteiger partial charge in [-0.25, -0.2) is 13.1 Å². The minimum Gasteiger partial charge on any atom is -0.492 e. The number of hydrogen-bond acceptors (Lipinski definition) is 5. The molecule has 2 aliphatic carbocycles. The van der Waals surface area contributed by atoms with Crippen LogP contribution in [0.5, 0.6) is 5.75 Å². The van der Waals surface area contributed by atoms with Crippen molar-refractivity contribution in [2.24, 2.45) is 11.8 Å². The van der Waals surface area contributed by atoms with Crippen molar-refractivity contribution in [3.63, 3.8) is 0 Å². The van der Waals surface area contributed by atoms with E-state index in [0.717, 1.165) is 49.3 Å². The lowest BCUT2D eigenvalue weighted by Crippen LogP contribution is -2.41. The molecule has 1 saturated heterocycles. The first-order valence-electron chi connectivity index (χ1n) is 11.7. The molecule has 2 fully saturated rings. The van der Waals surface area contributed by atoms with Gasteiger partial charge in [0.1, 0.15) is 16.6 Å². The molecule has 1 saturated carbocycles. The van der Waals surface area contributed by atoms with Gasteiger partial charge in [0.05, 0.1) is 4.34 Å². The second-order valence-electron chi connectivity index (χ2n) is 9.52. The van der Waals surface area contributed by atoms with Gasteiger partial charge in [0.25, 0.3) is 0 Å². The summed E-state index contributed by atoms with van der Waals surface area (Å²) in [6, 6.07) is 10.3. The summed E-state index contributed by atoms with van der Waals surface area (Å²) in [6.07, 6.45) is 6.49. The molecule has 4 unspecified atom stereocenters. The van der Waals surface area contributed by atoms with Gasteiger partial charge in [-0.1, -0.05) is 17.7 Å². The number of halogens is 1. The Hall–Kier alpha value is -1.12. The summed E-state index contributed by atoms with van der Waals surface area (Å²) in [7, 11) is -3.55. The summed E-state index contributed by atoms with van der Waals surface area (Å²) >= 11 is 7.08. The molecular weight excluding hydrogens is 464 g/mol. The summed E-state index contributed by atoms with van der Waals surface area (Å²) in [5.74, 6) is 1.57. The Morgan fingerprint density at radius 1 is 1.12 bits per heavy atom. The molecule has 4 atom stereocenters. The predicted octanol–water partition coefficient (Wildman–Crippen LogP) is 4.74. The summed E-state index contributed by atoms with van der Waals surface area (Å²) in [5.41, 5.74) is 2.65. The van der Waals surface area contributed by atoms with E-state index in [1.165, 1.54) is 30.5 Å². The molecule has 8 heteroatoms. The molecule has 0 radical (unpaired) electrons. The monoisotopic (exact) mass is 494 g/mol. The summed E-state index contributed by atoms with van der Waals surface area (Å²) in [4.78, 5) is 2.50. The molecule has 0 spiro atoms. The third-order valence-corrected chi connectivity index (χ3v) is 10.7. The van der Waals surface area contributed by atoms with E-state index in [0.29, 0.717) is 33.0 Å². The highest BCUT2D eigenvalue weighted by atomic mass is 35.5. The molecule has 2 bridgehead atoms. The second-order valence-corrected chi connectivity index (χ2v) is 13.2. The molecule has 5 nitrogen and oxygen atoms in total. The lowest BCUT2D eigenvalue weighted by atomic mass is 9.93. The van der Waals surface area contributed by atoms with Crippen molar-refractivity contribution in [1.82, 2.24) is 9.62 Å². The topological polar surface area (TPSA) is 58.6 Å². The molecule has 174 valence electrons. The number of ether oxygens (including phenoxy) is 1. The van der Waals surface area contributed by atoms with E-state index >= 15 is 0 Å². The van der Waals surface area contributed by atoms with Crippen LogP contribution < -0.4 is 9.46 Å². The van der Waals surface area contributed by atoms with Crippen molar-refractivity contribution in [2.75, 3.05) is 19.7 Å². The van der Waals surface area contributed by atoms with Gasteiger partial charge in [-0.15, -0.1) is 11.3 Å². The van der Waals surface area contributed by atoms with E-state index < -0.39 is 10.0 Å². The summed E-state index contributed by atoms with van der Waals surface area (Å²) in [6.45, 7) is 5.15. The van der Waals surface area contributed by atoms with E-state index in [1.54, 1.807) is 12.1 Å². The van der Waals surface area contributed by atoms with Gasteiger partial charge in [-0.05, 0) is 99.2 Å². The second kappa shape index (κ2) is 9.26. The highest BCUT2D eigenvalue weighted by molar-refractivity contribution is 7.91. The van der Waals surface area contributed by atoms with Gasteiger partial charge in [-0.2, -0.15) is 0 Å². The van der Waals surface area contributed by atoms with E-state index in [1.807, 2.05) is 0 Å². The van der Waals surface area contributed by atoms with Crippen LogP contribution >= 0.6 is 22.9 Å². The zero-order valence-electron chi connectivity index (χ0n) is 18.4. The molecule has 32 heavy (non-hydrogen) atoms. The summed E-state index contributed by atoms with van der Waals surface area (Å²) < 4.78 is 35.8. The summed E-state index contributed by atoms with van der Waals surface area (Å²) in [5, 5.41) is 0. The van der Waals surface area contributed by atoms with Crippen LogP contribution in [0.1, 0.15) is 43.7 Å². The molecule has 1 aromatic carbocycles. The normalized spacial score (nSPS) is 27.9. The van der Waals surface area contributed by atoms with Crippen LogP contribution in [-0.4, -0.2) is 45.1 Å². The maximum atomic E-state index is 12.9. The third-order valence-electron chi connectivity index (χ3n) is 7.51. The largest absolute Gasteiger partial charge is 0.492 e. The number of nitrogens with one attached hydrogen (secondary N) is 1. The molecule has 0 amide bonds. The molecule has 1 aromatic heterocycles. The first kappa shape index (κ1) is 22.7. The molecular formula is C24H31ClN2O3S2. The third kappa shape index (κ3) is 4.73. The number of likely N-dealkylation sites (tertiary alicyclic amines) is 1. The average molecular weight is 495 g/mol. The van der Waals surface area contributed by atoms with Crippen LogP contribution in [0.3, 0.4) is 0 Å². The van der Waals surface area contributed by atoms with Crippen LogP contribution in [0.4, 0.5) is 0 Å². The van der Waals surface area contributed by atoms with Gasteiger partial charge >= 0.3 is 0 Å². The van der Waals surface area contributed by atoms with E-state index in [2.05, 4.69) is 34.7 Å². The van der Waals surface area contributed by atoms with E-state index in [-0.39, 0.29) is 6.04 Å². The standard InChI is InChI=1S/C24H31ClN2O3S2/c1-16-3-2-10-27(16)11-12-30-21-7-6-17-13-18-4-5-19(14-20(17)15-21)24(18)26-32(28,29)23-9-8-22(25)31-23/h6-9,15-16,18-19,24,26H,2-5,10-14H2,1H3. The van der Waals surface area contributed by atoms with Crippen molar-refractivity contribution < 1.29 is 13.2 Å². The van der Waals surface area contributed by atoms with E-state index in [4.69, 9.17) is 16.3 Å². The zero-order valence-corrected chi connectivity index (χ0v) is 20.8. The van der Waals surface area contributed by atoms with Gasteiger partial charge < -0.3 is 4.74 Å². The maximum absolute atomic E-state index is 12.9.